The largest absolute Gasteiger partial charge is 0.330 e. The molecule has 22 heavy (non-hydrogen) atoms. The van der Waals surface area contributed by atoms with Gasteiger partial charge in [0.2, 0.25) is 5.95 Å². The molecule has 0 radical (unpaired) electrons. The Labute approximate surface area is 136 Å². The summed E-state index contributed by atoms with van der Waals surface area (Å²) in [5, 5.41) is 4.02. The number of fused-ring (bicyclic) bond motifs is 1. The van der Waals surface area contributed by atoms with Crippen molar-refractivity contribution in [1.82, 2.24) is 14.5 Å². The molecule has 0 amide bonds. The molecule has 2 heterocycles. The lowest BCUT2D eigenvalue weighted by Crippen LogP contribution is -2.20. The highest BCUT2D eigenvalue weighted by atomic mass is 35.5. The highest BCUT2D eigenvalue weighted by Gasteiger charge is 2.26. The lowest BCUT2D eigenvalue weighted by atomic mass is 9.91. The molecule has 1 aliphatic carbocycles. The van der Waals surface area contributed by atoms with E-state index in [2.05, 4.69) is 42.2 Å². The highest BCUT2D eigenvalue weighted by molar-refractivity contribution is 6.31. The number of nitrogens with one attached hydrogen (secondary N) is 1. The number of hydrogen-bond donors (Lipinski definition) is 1. The normalized spacial score (nSPS) is 15.8. The van der Waals surface area contributed by atoms with E-state index in [1.54, 1.807) is 6.20 Å². The fourth-order valence-corrected chi connectivity index (χ4v) is 3.03. The fourth-order valence-electron chi connectivity index (χ4n) is 2.88. The number of allylic oxidation sites excluding steroid dienone is 1. The molecule has 1 saturated carbocycles. The number of aromatic nitrogens is 3. The van der Waals surface area contributed by atoms with Gasteiger partial charge in [-0.2, -0.15) is 0 Å². The van der Waals surface area contributed by atoms with Crippen molar-refractivity contribution in [1.29, 1.82) is 0 Å². The molecule has 5 heteroatoms. The maximum Gasteiger partial charge on any atom is 0.209 e. The summed E-state index contributed by atoms with van der Waals surface area (Å²) in [5.41, 5.74) is 2.92. The van der Waals surface area contributed by atoms with Gasteiger partial charge in [0.1, 0.15) is 5.52 Å². The molecule has 2 aromatic rings. The van der Waals surface area contributed by atoms with Gasteiger partial charge in [0.25, 0.3) is 0 Å². The summed E-state index contributed by atoms with van der Waals surface area (Å²) in [4.78, 5) is 9.18. The zero-order chi connectivity index (χ0) is 15.9. The lowest BCUT2D eigenvalue weighted by Gasteiger charge is -2.29. The Bertz CT molecular complexity index is 707. The maximum absolute atomic E-state index is 6.05. The van der Waals surface area contributed by atoms with Crippen LogP contribution in [-0.4, -0.2) is 14.5 Å². The van der Waals surface area contributed by atoms with Crippen molar-refractivity contribution in [2.45, 2.75) is 52.5 Å². The third-order valence-corrected chi connectivity index (χ3v) is 4.18. The third kappa shape index (κ3) is 3.12. The van der Waals surface area contributed by atoms with Gasteiger partial charge in [0, 0.05) is 17.9 Å². The summed E-state index contributed by atoms with van der Waals surface area (Å²) < 4.78 is 2.21. The molecule has 0 atom stereocenters. The predicted octanol–water partition coefficient (Wildman–Crippen LogP) is 5.17. The summed E-state index contributed by atoms with van der Waals surface area (Å²) in [5.74, 6) is 0.837. The second kappa shape index (κ2) is 5.58. The molecular formula is C17H23ClN4. The van der Waals surface area contributed by atoms with Crippen LogP contribution in [0.3, 0.4) is 0 Å². The molecule has 4 nitrogen and oxygen atoms in total. The number of halogens is 1. The minimum atomic E-state index is 0.193. The van der Waals surface area contributed by atoms with Gasteiger partial charge in [0.05, 0.1) is 5.02 Å². The van der Waals surface area contributed by atoms with E-state index in [1.807, 2.05) is 6.07 Å². The predicted molar refractivity (Wildman–Crippen MR) is 92.3 cm³/mol. The van der Waals surface area contributed by atoms with Crippen LogP contribution in [0.2, 0.25) is 5.02 Å². The highest BCUT2D eigenvalue weighted by Crippen LogP contribution is 2.37. The molecule has 0 aromatic carbocycles. The molecule has 0 spiro atoms. The van der Waals surface area contributed by atoms with Crippen molar-refractivity contribution >= 4 is 28.7 Å². The first-order valence-corrected chi connectivity index (χ1v) is 8.19. The number of imidazole rings is 1. The molecule has 1 N–H and O–H groups in total. The van der Waals surface area contributed by atoms with Crippen LogP contribution in [0.4, 0.5) is 5.95 Å². The van der Waals surface area contributed by atoms with E-state index >= 15 is 0 Å². The van der Waals surface area contributed by atoms with Gasteiger partial charge in [0.15, 0.2) is 5.65 Å². The molecule has 118 valence electrons. The Morgan fingerprint density at radius 1 is 1.45 bits per heavy atom. The standard InChI is InChI=1S/C17H23ClN4/c1-11(9-17(2,3)4)20-16-21-14-8-12(18)10-19-15(14)22(16)13-6-5-7-13/h8,10,13H,1,5-7,9H2,2-4H3,(H,20,21). The Hall–Kier alpha value is -1.55. The quantitative estimate of drug-likeness (QED) is 0.845. The summed E-state index contributed by atoms with van der Waals surface area (Å²) in [6.45, 7) is 10.8. The second-order valence-corrected chi connectivity index (χ2v) is 7.79. The van der Waals surface area contributed by atoms with Crippen LogP contribution < -0.4 is 5.32 Å². The summed E-state index contributed by atoms with van der Waals surface area (Å²) >= 11 is 6.05. The molecule has 0 aliphatic heterocycles. The van der Waals surface area contributed by atoms with Crippen LogP contribution in [0.15, 0.2) is 24.5 Å². The first-order valence-electron chi connectivity index (χ1n) is 7.82. The number of nitrogens with zero attached hydrogens (tertiary/aromatic N) is 3. The van der Waals surface area contributed by atoms with Crippen LogP contribution in [-0.2, 0) is 0 Å². The van der Waals surface area contributed by atoms with Gasteiger partial charge in [-0.15, -0.1) is 0 Å². The molecular weight excluding hydrogens is 296 g/mol. The van der Waals surface area contributed by atoms with E-state index in [0.717, 1.165) is 29.2 Å². The molecule has 0 bridgehead atoms. The van der Waals surface area contributed by atoms with Gasteiger partial charge in [-0.3, -0.25) is 4.57 Å². The topological polar surface area (TPSA) is 42.7 Å². The maximum atomic E-state index is 6.05. The Morgan fingerprint density at radius 3 is 2.77 bits per heavy atom. The summed E-state index contributed by atoms with van der Waals surface area (Å²) in [6.07, 6.45) is 6.20. The number of pyridine rings is 1. The molecule has 3 rings (SSSR count). The second-order valence-electron chi connectivity index (χ2n) is 7.35. The molecule has 2 aromatic heterocycles. The van der Waals surface area contributed by atoms with Crippen molar-refractivity contribution in [2.75, 3.05) is 5.32 Å². The van der Waals surface area contributed by atoms with Crippen LogP contribution >= 0.6 is 11.6 Å². The summed E-state index contributed by atoms with van der Waals surface area (Å²) in [6, 6.07) is 2.35. The average Bonchev–Trinajstić information content (AvgIpc) is 2.62. The number of hydrogen-bond acceptors (Lipinski definition) is 3. The van der Waals surface area contributed by atoms with Crippen molar-refractivity contribution in [3.8, 4) is 0 Å². The third-order valence-electron chi connectivity index (χ3n) is 3.97. The SMILES string of the molecule is C=C(CC(C)(C)C)Nc1nc2cc(Cl)cnc2n1C1CCC1. The molecule has 1 fully saturated rings. The fraction of sp³-hybridized carbons (Fsp3) is 0.529. The molecule has 0 saturated heterocycles. The van der Waals surface area contributed by atoms with Crippen LogP contribution in [0.1, 0.15) is 52.5 Å². The van der Waals surface area contributed by atoms with Gasteiger partial charge in [-0.1, -0.05) is 39.0 Å². The van der Waals surface area contributed by atoms with Crippen molar-refractivity contribution in [3.05, 3.63) is 29.6 Å². The Morgan fingerprint density at radius 2 is 2.18 bits per heavy atom. The average molecular weight is 319 g/mol. The number of anilines is 1. The zero-order valence-electron chi connectivity index (χ0n) is 13.5. The van der Waals surface area contributed by atoms with Gasteiger partial charge >= 0.3 is 0 Å². The van der Waals surface area contributed by atoms with E-state index in [-0.39, 0.29) is 5.41 Å². The van der Waals surface area contributed by atoms with Crippen molar-refractivity contribution in [2.24, 2.45) is 5.41 Å². The molecule has 1 aliphatic rings. The van der Waals surface area contributed by atoms with Crippen LogP contribution in [0.5, 0.6) is 0 Å². The minimum Gasteiger partial charge on any atom is -0.330 e. The van der Waals surface area contributed by atoms with E-state index in [0.29, 0.717) is 11.1 Å². The summed E-state index contributed by atoms with van der Waals surface area (Å²) in [7, 11) is 0. The van der Waals surface area contributed by atoms with Crippen LogP contribution in [0, 0.1) is 5.41 Å². The minimum absolute atomic E-state index is 0.193. The number of rotatable bonds is 4. The van der Waals surface area contributed by atoms with E-state index in [1.165, 1.54) is 19.3 Å². The van der Waals surface area contributed by atoms with Crippen molar-refractivity contribution < 1.29 is 0 Å². The first-order chi connectivity index (χ1) is 10.3. The van der Waals surface area contributed by atoms with E-state index in [9.17, 15) is 0 Å². The van der Waals surface area contributed by atoms with Crippen molar-refractivity contribution in [3.63, 3.8) is 0 Å². The zero-order valence-corrected chi connectivity index (χ0v) is 14.2. The van der Waals surface area contributed by atoms with E-state index in [4.69, 9.17) is 16.6 Å². The van der Waals surface area contributed by atoms with Gasteiger partial charge < -0.3 is 5.32 Å². The smallest absolute Gasteiger partial charge is 0.209 e. The monoisotopic (exact) mass is 318 g/mol. The Kier molecular flexibility index (Phi) is 3.89. The Balaban J connectivity index is 1.95. The first kappa shape index (κ1) is 15.3. The lowest BCUT2D eigenvalue weighted by molar-refractivity contribution is 0.322. The van der Waals surface area contributed by atoms with Gasteiger partial charge in [-0.25, -0.2) is 9.97 Å². The molecule has 0 unspecified atom stereocenters. The van der Waals surface area contributed by atoms with Crippen LogP contribution in [0.25, 0.3) is 11.2 Å². The van der Waals surface area contributed by atoms with E-state index < -0.39 is 0 Å². The van der Waals surface area contributed by atoms with Gasteiger partial charge in [-0.05, 0) is 37.2 Å².